The van der Waals surface area contributed by atoms with Crippen LogP contribution < -0.4 is 0 Å². The Bertz CT molecular complexity index is 234. The van der Waals surface area contributed by atoms with Crippen molar-refractivity contribution in [3.63, 3.8) is 0 Å². The number of nitrogens with zero attached hydrogens (tertiary/aromatic N) is 1. The topological polar surface area (TPSA) is 12.9 Å². The minimum atomic E-state index is 0.990. The molecule has 0 spiro atoms. The highest BCUT2D eigenvalue weighted by atomic mass is 14.6. The van der Waals surface area contributed by atoms with Gasteiger partial charge in [0.1, 0.15) is 0 Å². The summed E-state index contributed by atoms with van der Waals surface area (Å²) in [7, 11) is 0. The van der Waals surface area contributed by atoms with E-state index in [2.05, 4.69) is 23.2 Å². The fraction of sp³-hybridized carbons (Fsp3) is 0.300. The van der Waals surface area contributed by atoms with Crippen molar-refractivity contribution in [1.29, 1.82) is 0 Å². The van der Waals surface area contributed by atoms with E-state index in [-0.39, 0.29) is 0 Å². The summed E-state index contributed by atoms with van der Waals surface area (Å²) in [6, 6.07) is 4.15. The summed E-state index contributed by atoms with van der Waals surface area (Å²) in [6.07, 6.45) is 7.10. The Labute approximate surface area is 67.8 Å². The summed E-state index contributed by atoms with van der Waals surface area (Å²) in [6.45, 7) is 4.03. The lowest BCUT2D eigenvalue weighted by Gasteiger charge is -1.95. The smallest absolute Gasteiger partial charge is 0.0372 e. The van der Waals surface area contributed by atoms with Gasteiger partial charge in [0.2, 0.25) is 0 Å². The van der Waals surface area contributed by atoms with Gasteiger partial charge in [-0.3, -0.25) is 4.98 Å². The van der Waals surface area contributed by atoms with E-state index in [0.717, 1.165) is 12.1 Å². The first-order valence-corrected chi connectivity index (χ1v) is 3.85. The second kappa shape index (κ2) is 3.91. The van der Waals surface area contributed by atoms with Crippen LogP contribution in [0.1, 0.15) is 18.2 Å². The minimum Gasteiger partial charge on any atom is -0.261 e. The van der Waals surface area contributed by atoms with Gasteiger partial charge >= 0.3 is 0 Å². The van der Waals surface area contributed by atoms with Gasteiger partial charge in [-0.1, -0.05) is 18.2 Å². The van der Waals surface area contributed by atoms with Gasteiger partial charge in [0.15, 0.2) is 0 Å². The predicted molar refractivity (Wildman–Crippen MR) is 47.5 cm³/mol. The predicted octanol–water partition coefficient (Wildman–Crippen LogP) is 2.51. The molecule has 0 atom stereocenters. The molecule has 0 N–H and O–H groups in total. The lowest BCUT2D eigenvalue weighted by Crippen LogP contribution is -1.84. The number of aryl methyl sites for hydroxylation is 1. The van der Waals surface area contributed by atoms with E-state index in [9.17, 15) is 0 Å². The maximum Gasteiger partial charge on any atom is 0.0372 e. The minimum absolute atomic E-state index is 0.990. The average Bonchev–Trinajstić information content (AvgIpc) is 2.04. The number of allylic oxidation sites excluding steroid dienone is 2. The molecule has 1 aromatic heterocycles. The standard InChI is InChI=1S/C10H13N/c1-3-4-5-10-7-6-9(2)11-8-10/h3-4,6-8H,5H2,1-2H3. The summed E-state index contributed by atoms with van der Waals surface area (Å²) in [5.74, 6) is 0. The van der Waals surface area contributed by atoms with E-state index in [4.69, 9.17) is 0 Å². The highest BCUT2D eigenvalue weighted by Crippen LogP contribution is 2.00. The lowest BCUT2D eigenvalue weighted by molar-refractivity contribution is 1.13. The van der Waals surface area contributed by atoms with Crippen LogP contribution in [0.5, 0.6) is 0 Å². The third-order valence-corrected chi connectivity index (χ3v) is 1.56. The Kier molecular flexibility index (Phi) is 2.84. The van der Waals surface area contributed by atoms with E-state index in [1.54, 1.807) is 0 Å². The van der Waals surface area contributed by atoms with Crippen LogP contribution in [0, 0.1) is 6.92 Å². The summed E-state index contributed by atoms with van der Waals surface area (Å²) >= 11 is 0. The molecular formula is C10H13N. The number of hydrogen-bond acceptors (Lipinski definition) is 1. The molecule has 1 heterocycles. The van der Waals surface area contributed by atoms with Crippen molar-refractivity contribution in [3.8, 4) is 0 Å². The molecule has 0 radical (unpaired) electrons. The normalized spacial score (nSPS) is 10.7. The van der Waals surface area contributed by atoms with Gasteiger partial charge in [0, 0.05) is 11.9 Å². The van der Waals surface area contributed by atoms with Crippen LogP contribution in [-0.4, -0.2) is 4.98 Å². The summed E-state index contributed by atoms with van der Waals surface area (Å²) in [5.41, 5.74) is 2.35. The summed E-state index contributed by atoms with van der Waals surface area (Å²) in [5, 5.41) is 0. The molecular weight excluding hydrogens is 134 g/mol. The Morgan fingerprint density at radius 1 is 1.45 bits per heavy atom. The maximum atomic E-state index is 4.20. The summed E-state index contributed by atoms with van der Waals surface area (Å²) < 4.78 is 0. The Hall–Kier alpha value is -1.11. The average molecular weight is 147 g/mol. The SMILES string of the molecule is CC=CCc1ccc(C)nc1. The first-order chi connectivity index (χ1) is 5.33. The quantitative estimate of drug-likeness (QED) is 0.586. The molecule has 58 valence electrons. The fourth-order valence-electron chi connectivity index (χ4n) is 0.873. The lowest BCUT2D eigenvalue weighted by atomic mass is 10.2. The number of rotatable bonds is 2. The molecule has 11 heavy (non-hydrogen) atoms. The van der Waals surface area contributed by atoms with Gasteiger partial charge in [-0.15, -0.1) is 0 Å². The van der Waals surface area contributed by atoms with Crippen molar-refractivity contribution >= 4 is 0 Å². The van der Waals surface area contributed by atoms with Crippen molar-refractivity contribution in [2.24, 2.45) is 0 Å². The second-order valence-electron chi connectivity index (χ2n) is 2.58. The van der Waals surface area contributed by atoms with Crippen molar-refractivity contribution in [3.05, 3.63) is 41.7 Å². The van der Waals surface area contributed by atoms with E-state index in [0.29, 0.717) is 0 Å². The monoisotopic (exact) mass is 147 g/mol. The third-order valence-electron chi connectivity index (χ3n) is 1.56. The first kappa shape index (κ1) is 7.99. The van der Waals surface area contributed by atoms with Crippen molar-refractivity contribution in [1.82, 2.24) is 4.98 Å². The highest BCUT2D eigenvalue weighted by Gasteiger charge is 1.88. The molecule has 0 fully saturated rings. The molecule has 0 aliphatic carbocycles. The molecule has 0 aromatic carbocycles. The largest absolute Gasteiger partial charge is 0.261 e. The van der Waals surface area contributed by atoms with E-state index >= 15 is 0 Å². The Morgan fingerprint density at radius 2 is 2.27 bits per heavy atom. The van der Waals surface area contributed by atoms with Crippen LogP contribution in [0.3, 0.4) is 0 Å². The number of hydrogen-bond donors (Lipinski definition) is 0. The fourth-order valence-corrected chi connectivity index (χ4v) is 0.873. The van der Waals surface area contributed by atoms with Crippen molar-refractivity contribution in [2.75, 3.05) is 0 Å². The van der Waals surface area contributed by atoms with E-state index in [1.807, 2.05) is 26.1 Å². The molecule has 0 saturated heterocycles. The first-order valence-electron chi connectivity index (χ1n) is 3.85. The van der Waals surface area contributed by atoms with Crippen molar-refractivity contribution in [2.45, 2.75) is 20.3 Å². The van der Waals surface area contributed by atoms with Crippen LogP contribution in [0.15, 0.2) is 30.5 Å². The Morgan fingerprint density at radius 3 is 2.82 bits per heavy atom. The zero-order chi connectivity index (χ0) is 8.10. The number of pyridine rings is 1. The Balaban J connectivity index is 2.66. The molecule has 0 saturated carbocycles. The van der Waals surface area contributed by atoms with Gasteiger partial charge in [-0.05, 0) is 31.9 Å². The highest BCUT2D eigenvalue weighted by molar-refractivity contribution is 5.15. The van der Waals surface area contributed by atoms with Crippen molar-refractivity contribution < 1.29 is 0 Å². The molecule has 0 unspecified atom stereocenters. The molecule has 1 heteroatoms. The molecule has 0 aliphatic heterocycles. The maximum absolute atomic E-state index is 4.20. The molecule has 1 nitrogen and oxygen atoms in total. The van der Waals surface area contributed by atoms with Crippen LogP contribution in [0.2, 0.25) is 0 Å². The molecule has 0 amide bonds. The van der Waals surface area contributed by atoms with E-state index < -0.39 is 0 Å². The van der Waals surface area contributed by atoms with Gasteiger partial charge < -0.3 is 0 Å². The molecule has 1 rings (SSSR count). The van der Waals surface area contributed by atoms with Crippen LogP contribution in [0.4, 0.5) is 0 Å². The van der Waals surface area contributed by atoms with Crippen LogP contribution in [0.25, 0.3) is 0 Å². The van der Waals surface area contributed by atoms with Gasteiger partial charge in [0.05, 0.1) is 0 Å². The summed E-state index contributed by atoms with van der Waals surface area (Å²) in [4.78, 5) is 4.20. The zero-order valence-electron chi connectivity index (χ0n) is 7.04. The molecule has 1 aromatic rings. The van der Waals surface area contributed by atoms with Gasteiger partial charge in [-0.25, -0.2) is 0 Å². The molecule has 0 bridgehead atoms. The third kappa shape index (κ3) is 2.54. The van der Waals surface area contributed by atoms with Gasteiger partial charge in [0.25, 0.3) is 0 Å². The van der Waals surface area contributed by atoms with E-state index in [1.165, 1.54) is 5.56 Å². The molecule has 0 aliphatic rings. The number of aromatic nitrogens is 1. The van der Waals surface area contributed by atoms with Crippen LogP contribution in [-0.2, 0) is 6.42 Å². The zero-order valence-corrected chi connectivity index (χ0v) is 7.04. The van der Waals surface area contributed by atoms with Gasteiger partial charge in [-0.2, -0.15) is 0 Å². The van der Waals surface area contributed by atoms with Crippen LogP contribution >= 0.6 is 0 Å². The second-order valence-corrected chi connectivity index (χ2v) is 2.58.